The van der Waals surface area contributed by atoms with Crippen LogP contribution in [0.2, 0.25) is 0 Å². The summed E-state index contributed by atoms with van der Waals surface area (Å²) in [6.45, 7) is 7.94. The van der Waals surface area contributed by atoms with E-state index >= 15 is 0 Å². The van der Waals surface area contributed by atoms with E-state index in [1.165, 1.54) is 4.31 Å². The Morgan fingerprint density at radius 1 is 1.17 bits per heavy atom. The number of hydrogen-bond donors (Lipinski definition) is 1. The van der Waals surface area contributed by atoms with Crippen LogP contribution < -0.4 is 5.32 Å². The van der Waals surface area contributed by atoms with E-state index in [2.05, 4.69) is 10.2 Å². The summed E-state index contributed by atoms with van der Waals surface area (Å²) >= 11 is 0. The van der Waals surface area contributed by atoms with Crippen molar-refractivity contribution in [1.82, 2.24) is 14.5 Å². The van der Waals surface area contributed by atoms with Crippen molar-refractivity contribution < 1.29 is 17.9 Å². The summed E-state index contributed by atoms with van der Waals surface area (Å²) in [5.41, 5.74) is 1.87. The number of morpholine rings is 1. The number of nitrogens with one attached hydrogen (secondary N) is 1. The molecule has 0 aromatic heterocycles. The maximum Gasteiger partial charge on any atom is 0.223 e. The van der Waals surface area contributed by atoms with Crippen molar-refractivity contribution in [2.75, 3.05) is 52.5 Å². The number of carbonyl (C=O) groups is 1. The van der Waals surface area contributed by atoms with Gasteiger partial charge in [0.25, 0.3) is 0 Å². The number of amides is 1. The molecular formula is C21H33N3O4S. The Hall–Kier alpha value is -1.48. The second kappa shape index (κ2) is 10.5. The first kappa shape index (κ1) is 22.2. The molecule has 162 valence electrons. The third-order valence-electron chi connectivity index (χ3n) is 5.70. The fourth-order valence-corrected chi connectivity index (χ4v) is 5.53. The molecule has 1 aromatic rings. The predicted molar refractivity (Wildman–Crippen MR) is 113 cm³/mol. The van der Waals surface area contributed by atoms with Crippen LogP contribution in [0.1, 0.15) is 30.4 Å². The molecule has 0 spiro atoms. The highest BCUT2D eigenvalue weighted by Gasteiger charge is 2.31. The lowest BCUT2D eigenvalue weighted by atomic mass is 9.97. The molecule has 0 bridgehead atoms. The van der Waals surface area contributed by atoms with Crippen molar-refractivity contribution in [2.24, 2.45) is 5.92 Å². The second-order valence-electron chi connectivity index (χ2n) is 8.02. The van der Waals surface area contributed by atoms with Gasteiger partial charge in [0, 0.05) is 38.6 Å². The molecular weight excluding hydrogens is 390 g/mol. The zero-order valence-corrected chi connectivity index (χ0v) is 18.1. The van der Waals surface area contributed by atoms with Gasteiger partial charge in [0.2, 0.25) is 15.9 Å². The van der Waals surface area contributed by atoms with Gasteiger partial charge in [-0.15, -0.1) is 0 Å². The molecule has 2 fully saturated rings. The molecule has 0 radical (unpaired) electrons. The van der Waals surface area contributed by atoms with Crippen LogP contribution >= 0.6 is 0 Å². The normalized spacial score (nSPS) is 19.9. The van der Waals surface area contributed by atoms with Gasteiger partial charge in [-0.2, -0.15) is 0 Å². The molecule has 0 unspecified atom stereocenters. The van der Waals surface area contributed by atoms with Gasteiger partial charge < -0.3 is 10.1 Å². The van der Waals surface area contributed by atoms with E-state index in [-0.39, 0.29) is 17.6 Å². The molecule has 1 amide bonds. The minimum Gasteiger partial charge on any atom is -0.379 e. The Kier molecular flexibility index (Phi) is 8.06. The zero-order valence-electron chi connectivity index (χ0n) is 17.3. The average Bonchev–Trinajstić information content (AvgIpc) is 2.71. The Bertz CT molecular complexity index is 770. The maximum atomic E-state index is 12.7. The quantitative estimate of drug-likeness (QED) is 0.639. The molecule has 7 nitrogen and oxygen atoms in total. The molecule has 2 aliphatic rings. The highest BCUT2D eigenvalue weighted by Crippen LogP contribution is 2.22. The lowest BCUT2D eigenvalue weighted by Gasteiger charge is -2.30. The first-order valence-electron chi connectivity index (χ1n) is 10.6. The van der Waals surface area contributed by atoms with Crippen LogP contribution in [0.3, 0.4) is 0 Å². The molecule has 3 rings (SSSR count). The van der Waals surface area contributed by atoms with E-state index in [1.54, 1.807) is 0 Å². The van der Waals surface area contributed by atoms with Gasteiger partial charge >= 0.3 is 0 Å². The molecule has 2 saturated heterocycles. The third kappa shape index (κ3) is 6.77. The molecule has 0 saturated carbocycles. The van der Waals surface area contributed by atoms with Crippen LogP contribution in [0.15, 0.2) is 24.3 Å². The van der Waals surface area contributed by atoms with Gasteiger partial charge in [-0.05, 0) is 38.3 Å². The van der Waals surface area contributed by atoms with Gasteiger partial charge in [0.15, 0.2) is 0 Å². The van der Waals surface area contributed by atoms with Crippen molar-refractivity contribution in [1.29, 1.82) is 0 Å². The Balaban J connectivity index is 1.38. The standard InChI is InChI=1S/C21H33N3O4S/c1-18-4-2-5-19(16-18)17-29(26,27)24-10-6-20(7-11-24)21(25)22-8-3-9-23-12-14-28-15-13-23/h2,4-5,16,20H,3,6-15,17H2,1H3,(H,22,25). The van der Waals surface area contributed by atoms with Crippen LogP contribution in [-0.2, 0) is 25.3 Å². The summed E-state index contributed by atoms with van der Waals surface area (Å²) in [6.07, 6.45) is 2.10. The fourth-order valence-electron chi connectivity index (χ4n) is 3.98. The van der Waals surface area contributed by atoms with Crippen molar-refractivity contribution in [3.8, 4) is 0 Å². The molecule has 2 aliphatic heterocycles. The Labute approximate surface area is 174 Å². The lowest BCUT2D eigenvalue weighted by Crippen LogP contribution is -2.44. The summed E-state index contributed by atoms with van der Waals surface area (Å²) in [4.78, 5) is 14.8. The Morgan fingerprint density at radius 2 is 1.90 bits per heavy atom. The SMILES string of the molecule is Cc1cccc(CS(=O)(=O)N2CCC(C(=O)NCCCN3CCOCC3)CC2)c1. The third-order valence-corrected chi connectivity index (χ3v) is 7.55. The summed E-state index contributed by atoms with van der Waals surface area (Å²) in [6, 6.07) is 7.60. The predicted octanol–water partition coefficient (Wildman–Crippen LogP) is 1.38. The number of ether oxygens (including phenoxy) is 1. The number of aryl methyl sites for hydroxylation is 1. The van der Waals surface area contributed by atoms with Crippen LogP contribution in [0.5, 0.6) is 0 Å². The van der Waals surface area contributed by atoms with Crippen LogP contribution in [0.4, 0.5) is 0 Å². The molecule has 29 heavy (non-hydrogen) atoms. The van der Waals surface area contributed by atoms with Gasteiger partial charge in [-0.3, -0.25) is 9.69 Å². The number of piperidine rings is 1. The summed E-state index contributed by atoms with van der Waals surface area (Å²) in [7, 11) is -3.35. The average molecular weight is 424 g/mol. The summed E-state index contributed by atoms with van der Waals surface area (Å²) in [5, 5.41) is 3.03. The van der Waals surface area contributed by atoms with Gasteiger partial charge in [-0.1, -0.05) is 29.8 Å². The highest BCUT2D eigenvalue weighted by atomic mass is 32.2. The topological polar surface area (TPSA) is 79.0 Å². The first-order chi connectivity index (χ1) is 13.9. The molecule has 0 aliphatic carbocycles. The number of hydrogen-bond acceptors (Lipinski definition) is 5. The molecule has 0 atom stereocenters. The minimum atomic E-state index is -3.35. The van der Waals surface area contributed by atoms with E-state index in [0.717, 1.165) is 50.4 Å². The fraction of sp³-hybridized carbons (Fsp3) is 0.667. The van der Waals surface area contributed by atoms with Crippen molar-refractivity contribution in [3.05, 3.63) is 35.4 Å². The minimum absolute atomic E-state index is 0.0209. The molecule has 8 heteroatoms. The van der Waals surface area contributed by atoms with E-state index in [4.69, 9.17) is 4.74 Å². The van der Waals surface area contributed by atoms with E-state index in [0.29, 0.717) is 32.5 Å². The highest BCUT2D eigenvalue weighted by molar-refractivity contribution is 7.88. The Morgan fingerprint density at radius 3 is 2.59 bits per heavy atom. The van der Waals surface area contributed by atoms with E-state index in [1.807, 2.05) is 31.2 Å². The number of carbonyl (C=O) groups excluding carboxylic acids is 1. The number of rotatable bonds is 8. The van der Waals surface area contributed by atoms with Gasteiger partial charge in [0.1, 0.15) is 0 Å². The van der Waals surface area contributed by atoms with Crippen molar-refractivity contribution in [2.45, 2.75) is 31.9 Å². The molecule has 1 N–H and O–H groups in total. The van der Waals surface area contributed by atoms with Gasteiger partial charge in [0.05, 0.1) is 19.0 Å². The monoisotopic (exact) mass is 423 g/mol. The van der Waals surface area contributed by atoms with Crippen LogP contribution in [0.25, 0.3) is 0 Å². The zero-order chi connectivity index (χ0) is 20.7. The smallest absolute Gasteiger partial charge is 0.223 e. The van der Waals surface area contributed by atoms with Crippen molar-refractivity contribution in [3.63, 3.8) is 0 Å². The van der Waals surface area contributed by atoms with E-state index in [9.17, 15) is 13.2 Å². The number of nitrogens with zero attached hydrogens (tertiary/aromatic N) is 2. The summed E-state index contributed by atoms with van der Waals surface area (Å²) < 4.78 is 32.3. The number of sulfonamides is 1. The largest absolute Gasteiger partial charge is 0.379 e. The van der Waals surface area contributed by atoms with Gasteiger partial charge in [-0.25, -0.2) is 12.7 Å². The van der Waals surface area contributed by atoms with Crippen LogP contribution in [-0.4, -0.2) is 76.0 Å². The second-order valence-corrected chi connectivity index (χ2v) is 9.99. The molecule has 2 heterocycles. The van der Waals surface area contributed by atoms with Crippen molar-refractivity contribution >= 4 is 15.9 Å². The lowest BCUT2D eigenvalue weighted by molar-refractivity contribution is -0.126. The maximum absolute atomic E-state index is 12.7. The van der Waals surface area contributed by atoms with E-state index < -0.39 is 10.0 Å². The molecule has 1 aromatic carbocycles. The number of benzene rings is 1. The van der Waals surface area contributed by atoms with Crippen LogP contribution in [0, 0.1) is 12.8 Å². The first-order valence-corrected chi connectivity index (χ1v) is 12.2. The summed E-state index contributed by atoms with van der Waals surface area (Å²) in [5.74, 6) is -0.0147.